The molecular formula is C36H57N4O5+. The number of hydrogen-bond acceptors (Lipinski definition) is 6. The van der Waals surface area contributed by atoms with Crippen LogP contribution in [0.25, 0.3) is 0 Å². The molecule has 9 heteroatoms. The molecular weight excluding hydrogens is 568 g/mol. The molecule has 4 aliphatic rings. The number of nitrogens with zero attached hydrogens (tertiary/aromatic N) is 1. The van der Waals surface area contributed by atoms with E-state index < -0.39 is 36.3 Å². The summed E-state index contributed by atoms with van der Waals surface area (Å²) in [7, 11) is 3.76. The number of amides is 2. The Bertz CT molecular complexity index is 1230. The summed E-state index contributed by atoms with van der Waals surface area (Å²) >= 11 is 0. The third-order valence-electron chi connectivity index (χ3n) is 11.0. The number of nitrogens with one attached hydrogen (secondary N) is 3. The van der Waals surface area contributed by atoms with Crippen molar-refractivity contribution < 1.29 is 24.9 Å². The second kappa shape index (κ2) is 15.0. The van der Waals surface area contributed by atoms with Crippen LogP contribution in [-0.4, -0.2) is 89.1 Å². The van der Waals surface area contributed by atoms with Gasteiger partial charge in [0.05, 0.1) is 18.6 Å². The number of aliphatic hydroxyl groups is 2. The summed E-state index contributed by atoms with van der Waals surface area (Å²) in [5, 5.41) is 38.8. The second-order valence-electron chi connectivity index (χ2n) is 14.9. The van der Waals surface area contributed by atoms with Gasteiger partial charge in [-0.1, -0.05) is 64.0 Å². The molecule has 0 aliphatic heterocycles. The van der Waals surface area contributed by atoms with Crippen molar-refractivity contribution in [1.82, 2.24) is 20.9 Å². The van der Waals surface area contributed by atoms with Gasteiger partial charge in [-0.05, 0) is 87.6 Å². The van der Waals surface area contributed by atoms with Gasteiger partial charge in [0.2, 0.25) is 11.8 Å². The number of benzene rings is 1. The van der Waals surface area contributed by atoms with Gasteiger partial charge in [0, 0.05) is 18.2 Å². The standard InChI is InChI=1S/C36H56N4O5/c1-23-28-18-27(35(28,3)4)19-29(23)38-34(45)33(32(24(2)42)30(43)22-41)37-20-26-12-10-11-25(17-26)13-16-36(14-8-7-9-15-36)39-31(44)21-40(5)6/h10-12,17,23-24,27-30,32-33,37,41-43H,7-9,14-15,18-22H2,1-6H3,(H,38,45)(H,39,44)/p+1/t23-,24+,27?,28?,29+,30?,32-,33+/m1/s1. The SMILES string of the molecule is C[C@H](O)[C@H](C([OH2+])CO)[C@H](NCc1cccc(C#CC2(NC(=O)CN(C)C)CCCCC2)c1)C(=O)N[C@H]1CC2CC([C@H]1C)C2(C)C. The maximum absolute atomic E-state index is 13.9. The van der Waals surface area contributed by atoms with Crippen LogP contribution in [0.2, 0.25) is 0 Å². The molecule has 250 valence electrons. The number of fused-ring (bicyclic) bond motifs is 2. The lowest BCUT2D eigenvalue weighted by Crippen LogP contribution is -2.63. The van der Waals surface area contributed by atoms with Gasteiger partial charge in [-0.15, -0.1) is 0 Å². The van der Waals surface area contributed by atoms with E-state index in [1.165, 1.54) is 6.42 Å². The zero-order chi connectivity index (χ0) is 32.9. The van der Waals surface area contributed by atoms with E-state index in [0.29, 0.717) is 36.3 Å². The number of likely N-dealkylation sites (N-methyl/N-ethyl adjacent to an activating group) is 1. The summed E-state index contributed by atoms with van der Waals surface area (Å²) in [6.07, 6.45) is 5.01. The Morgan fingerprint density at radius 2 is 1.87 bits per heavy atom. The largest absolute Gasteiger partial charge is 0.441 e. The first-order chi connectivity index (χ1) is 21.3. The number of rotatable bonds is 12. The lowest BCUT2D eigenvalue weighted by molar-refractivity contribution is -0.139. The Morgan fingerprint density at radius 3 is 2.47 bits per heavy atom. The molecule has 0 radical (unpaired) electrons. The summed E-state index contributed by atoms with van der Waals surface area (Å²) in [6.45, 7) is 8.67. The fourth-order valence-corrected chi connectivity index (χ4v) is 8.19. The molecule has 2 amide bonds. The Balaban J connectivity index is 1.49. The molecule has 5 rings (SSSR count). The van der Waals surface area contributed by atoms with Crippen LogP contribution in [0.3, 0.4) is 0 Å². The molecule has 0 heterocycles. The summed E-state index contributed by atoms with van der Waals surface area (Å²) in [5.41, 5.74) is 1.50. The van der Waals surface area contributed by atoms with Crippen LogP contribution in [0.15, 0.2) is 24.3 Å². The van der Waals surface area contributed by atoms with Crippen molar-refractivity contribution in [1.29, 1.82) is 0 Å². The molecule has 9 nitrogen and oxygen atoms in total. The van der Waals surface area contributed by atoms with E-state index in [1.807, 2.05) is 43.3 Å². The van der Waals surface area contributed by atoms with Gasteiger partial charge in [0.1, 0.15) is 18.2 Å². The zero-order valence-corrected chi connectivity index (χ0v) is 28.2. The smallest absolute Gasteiger partial charge is 0.238 e. The fourth-order valence-electron chi connectivity index (χ4n) is 8.19. The van der Waals surface area contributed by atoms with Crippen molar-refractivity contribution in [3.05, 3.63) is 35.4 Å². The van der Waals surface area contributed by atoms with E-state index in [4.69, 9.17) is 5.11 Å². The first-order valence-electron chi connectivity index (χ1n) is 16.9. The van der Waals surface area contributed by atoms with E-state index in [1.54, 1.807) is 6.92 Å². The monoisotopic (exact) mass is 625 g/mol. The predicted octanol–water partition coefficient (Wildman–Crippen LogP) is 2.15. The van der Waals surface area contributed by atoms with Crippen LogP contribution in [-0.2, 0) is 16.1 Å². The maximum Gasteiger partial charge on any atom is 0.238 e. The average Bonchev–Trinajstić information content (AvgIpc) is 2.98. The Morgan fingerprint density at radius 1 is 1.16 bits per heavy atom. The summed E-state index contributed by atoms with van der Waals surface area (Å²) in [5.74, 6) is 7.19. The minimum atomic E-state index is -1.02. The molecule has 0 spiro atoms. The highest BCUT2D eigenvalue weighted by atomic mass is 16.3. The van der Waals surface area contributed by atoms with Gasteiger partial charge in [0.25, 0.3) is 0 Å². The van der Waals surface area contributed by atoms with E-state index in [-0.39, 0.29) is 17.9 Å². The number of hydrogen-bond donors (Lipinski definition) is 5. The molecule has 1 aromatic rings. The molecule has 1 aromatic carbocycles. The summed E-state index contributed by atoms with van der Waals surface area (Å²) in [6, 6.07) is 7.01. The van der Waals surface area contributed by atoms with Crippen LogP contribution >= 0.6 is 0 Å². The van der Waals surface area contributed by atoms with Crippen molar-refractivity contribution in [3.8, 4) is 11.8 Å². The summed E-state index contributed by atoms with van der Waals surface area (Å²) in [4.78, 5) is 28.4. The molecule has 7 N–H and O–H groups in total. The van der Waals surface area contributed by atoms with E-state index in [0.717, 1.165) is 49.7 Å². The minimum absolute atomic E-state index is 0.0231. The number of aliphatic hydroxyl groups excluding tert-OH is 2. The Labute approximate surface area is 269 Å². The molecule has 4 fully saturated rings. The van der Waals surface area contributed by atoms with Crippen molar-refractivity contribution in [2.75, 3.05) is 27.2 Å². The van der Waals surface area contributed by atoms with Crippen molar-refractivity contribution >= 4 is 11.8 Å². The topological polar surface area (TPSA) is 137 Å². The third kappa shape index (κ3) is 8.47. The van der Waals surface area contributed by atoms with Gasteiger partial charge in [-0.25, -0.2) is 0 Å². The first-order valence-corrected chi connectivity index (χ1v) is 16.9. The van der Waals surface area contributed by atoms with Crippen LogP contribution < -0.4 is 16.0 Å². The van der Waals surface area contributed by atoms with Gasteiger partial charge >= 0.3 is 0 Å². The first kappa shape index (κ1) is 35.4. The highest BCUT2D eigenvalue weighted by Crippen LogP contribution is 2.61. The predicted molar refractivity (Wildman–Crippen MR) is 177 cm³/mol. The van der Waals surface area contributed by atoms with Gasteiger partial charge in [0.15, 0.2) is 6.10 Å². The fraction of sp³-hybridized carbons (Fsp3) is 0.722. The zero-order valence-electron chi connectivity index (χ0n) is 28.2. The third-order valence-corrected chi connectivity index (χ3v) is 11.0. The van der Waals surface area contributed by atoms with Crippen molar-refractivity contribution in [2.24, 2.45) is 29.1 Å². The molecule has 4 aliphatic carbocycles. The quantitative estimate of drug-likeness (QED) is 0.178. The second-order valence-corrected chi connectivity index (χ2v) is 14.9. The van der Waals surface area contributed by atoms with Crippen LogP contribution in [0.4, 0.5) is 0 Å². The van der Waals surface area contributed by atoms with Crippen LogP contribution in [0, 0.1) is 40.9 Å². The highest BCUT2D eigenvalue weighted by molar-refractivity contribution is 5.82. The average molecular weight is 626 g/mol. The Kier molecular flexibility index (Phi) is 11.8. The van der Waals surface area contributed by atoms with Gasteiger partial charge in [-0.2, -0.15) is 0 Å². The maximum atomic E-state index is 13.9. The molecule has 8 atom stereocenters. The van der Waals surface area contributed by atoms with Crippen molar-refractivity contribution in [2.45, 2.75) is 109 Å². The normalized spacial score (nSPS) is 27.6. The molecule has 2 bridgehead atoms. The summed E-state index contributed by atoms with van der Waals surface area (Å²) < 4.78 is 0. The molecule has 0 aromatic heterocycles. The molecule has 3 unspecified atom stereocenters. The van der Waals surface area contributed by atoms with Crippen LogP contribution in [0.5, 0.6) is 0 Å². The van der Waals surface area contributed by atoms with E-state index >= 15 is 0 Å². The lowest BCUT2D eigenvalue weighted by atomic mass is 9.45. The van der Waals surface area contributed by atoms with E-state index in [9.17, 15) is 19.8 Å². The van der Waals surface area contributed by atoms with E-state index in [2.05, 4.69) is 48.6 Å². The number of carbonyl (C=O) groups is 2. The highest BCUT2D eigenvalue weighted by Gasteiger charge is 2.56. The molecule has 0 saturated heterocycles. The van der Waals surface area contributed by atoms with Crippen LogP contribution in [0.1, 0.15) is 83.8 Å². The minimum Gasteiger partial charge on any atom is -0.441 e. The molecule has 45 heavy (non-hydrogen) atoms. The van der Waals surface area contributed by atoms with Gasteiger partial charge in [-0.3, -0.25) is 9.59 Å². The van der Waals surface area contributed by atoms with Gasteiger partial charge < -0.3 is 36.2 Å². The molecule has 4 saturated carbocycles. The Hall–Kier alpha value is -2.48. The number of carbonyl (C=O) groups excluding carboxylic acids is 2. The lowest BCUT2D eigenvalue weighted by Gasteiger charge is -2.62. The van der Waals surface area contributed by atoms with Crippen molar-refractivity contribution in [3.63, 3.8) is 0 Å².